The molecule has 2 amide bonds. The number of piperidine rings is 1. The minimum Gasteiger partial charge on any atom is -0.431 e. The number of hydrogen-bond acceptors (Lipinski definition) is 7. The van der Waals surface area contributed by atoms with E-state index in [9.17, 15) is 22.8 Å². The monoisotopic (exact) mass is 529 g/mol. The quantitative estimate of drug-likeness (QED) is 0.416. The SMILES string of the molecule is C=C(C)OC(=O)N(C)C1CCN(c2ccc(NC(=O)c3nc(-c4ccccc4)oc3C(F)(F)F)cn2)CC1. The van der Waals surface area contributed by atoms with Gasteiger partial charge < -0.3 is 24.3 Å². The van der Waals surface area contributed by atoms with Gasteiger partial charge in [0.15, 0.2) is 5.69 Å². The largest absolute Gasteiger partial charge is 0.452 e. The van der Waals surface area contributed by atoms with Crippen molar-refractivity contribution in [2.45, 2.75) is 32.0 Å². The molecule has 200 valence electrons. The van der Waals surface area contributed by atoms with Gasteiger partial charge in [0.05, 0.1) is 17.6 Å². The molecule has 3 heterocycles. The van der Waals surface area contributed by atoms with Gasteiger partial charge in [0.1, 0.15) is 5.82 Å². The average molecular weight is 530 g/mol. The van der Waals surface area contributed by atoms with E-state index in [-0.39, 0.29) is 17.6 Å². The second-order valence-corrected chi connectivity index (χ2v) is 8.82. The summed E-state index contributed by atoms with van der Waals surface area (Å²) in [4.78, 5) is 36.5. The number of nitrogens with one attached hydrogen (secondary N) is 1. The van der Waals surface area contributed by atoms with Crippen molar-refractivity contribution in [3.05, 3.63) is 72.5 Å². The van der Waals surface area contributed by atoms with E-state index in [1.807, 2.05) is 4.90 Å². The number of aromatic nitrogens is 2. The summed E-state index contributed by atoms with van der Waals surface area (Å²) >= 11 is 0. The number of rotatable bonds is 6. The van der Waals surface area contributed by atoms with Crippen molar-refractivity contribution in [3.8, 4) is 11.5 Å². The number of nitrogens with zero attached hydrogens (tertiary/aromatic N) is 4. The smallest absolute Gasteiger partial charge is 0.431 e. The van der Waals surface area contributed by atoms with Crippen LogP contribution in [0.2, 0.25) is 0 Å². The van der Waals surface area contributed by atoms with Crippen LogP contribution in [0.25, 0.3) is 11.5 Å². The Morgan fingerprint density at radius 2 is 1.84 bits per heavy atom. The van der Waals surface area contributed by atoms with E-state index in [1.54, 1.807) is 49.2 Å². The molecular formula is C26H26F3N5O4. The number of ether oxygens (including phenoxy) is 1. The molecule has 1 saturated heterocycles. The van der Waals surface area contributed by atoms with Crippen LogP contribution in [0.15, 0.2) is 65.4 Å². The summed E-state index contributed by atoms with van der Waals surface area (Å²) in [7, 11) is 1.68. The zero-order valence-corrected chi connectivity index (χ0v) is 20.8. The predicted octanol–water partition coefficient (Wildman–Crippen LogP) is 5.58. The van der Waals surface area contributed by atoms with Crippen LogP contribution in [0.4, 0.5) is 29.5 Å². The van der Waals surface area contributed by atoms with Crippen molar-refractivity contribution in [3.63, 3.8) is 0 Å². The Morgan fingerprint density at radius 1 is 1.16 bits per heavy atom. The van der Waals surface area contributed by atoms with Gasteiger partial charge in [0, 0.05) is 31.7 Å². The van der Waals surface area contributed by atoms with Crippen LogP contribution < -0.4 is 10.2 Å². The molecule has 1 N–H and O–H groups in total. The second kappa shape index (κ2) is 11.0. The third-order valence-corrected chi connectivity index (χ3v) is 6.01. The maximum Gasteiger partial charge on any atom is 0.452 e. The summed E-state index contributed by atoms with van der Waals surface area (Å²) in [5.41, 5.74) is -0.351. The first-order chi connectivity index (χ1) is 18.0. The number of oxazole rings is 1. The normalized spacial score (nSPS) is 14.2. The molecular weight excluding hydrogens is 503 g/mol. The molecule has 4 rings (SSSR count). The fourth-order valence-electron chi connectivity index (χ4n) is 4.06. The summed E-state index contributed by atoms with van der Waals surface area (Å²) < 4.78 is 50.6. The van der Waals surface area contributed by atoms with Gasteiger partial charge in [-0.25, -0.2) is 14.8 Å². The first-order valence-electron chi connectivity index (χ1n) is 11.8. The molecule has 0 spiro atoms. The Balaban J connectivity index is 1.40. The number of alkyl halides is 3. The van der Waals surface area contributed by atoms with Crippen molar-refractivity contribution in [2.75, 3.05) is 30.4 Å². The Morgan fingerprint density at radius 3 is 2.42 bits per heavy atom. The third kappa shape index (κ3) is 6.13. The fourth-order valence-corrected chi connectivity index (χ4v) is 4.06. The molecule has 2 aromatic heterocycles. The molecule has 0 atom stereocenters. The zero-order chi connectivity index (χ0) is 27.4. The highest BCUT2D eigenvalue weighted by molar-refractivity contribution is 6.04. The van der Waals surface area contributed by atoms with Gasteiger partial charge in [0.25, 0.3) is 5.91 Å². The number of halogens is 3. The van der Waals surface area contributed by atoms with E-state index in [0.29, 0.717) is 43.1 Å². The number of benzene rings is 1. The minimum atomic E-state index is -4.91. The van der Waals surface area contributed by atoms with Crippen LogP contribution in [0.3, 0.4) is 0 Å². The number of carbonyl (C=O) groups excluding carboxylic acids is 2. The number of allylic oxidation sites excluding steroid dienone is 1. The van der Waals surface area contributed by atoms with Crippen molar-refractivity contribution in [1.82, 2.24) is 14.9 Å². The van der Waals surface area contributed by atoms with E-state index >= 15 is 0 Å². The average Bonchev–Trinajstić information content (AvgIpc) is 3.36. The summed E-state index contributed by atoms with van der Waals surface area (Å²) in [6.45, 7) is 6.44. The molecule has 0 saturated carbocycles. The van der Waals surface area contributed by atoms with Crippen molar-refractivity contribution in [2.24, 2.45) is 0 Å². The Kier molecular flexibility index (Phi) is 7.70. The van der Waals surface area contributed by atoms with E-state index in [1.165, 1.54) is 18.3 Å². The van der Waals surface area contributed by atoms with Gasteiger partial charge in [0.2, 0.25) is 11.7 Å². The van der Waals surface area contributed by atoms with E-state index < -0.39 is 29.6 Å². The highest BCUT2D eigenvalue weighted by atomic mass is 19.4. The molecule has 3 aromatic rings. The molecule has 1 aliphatic rings. The Hall–Kier alpha value is -4.35. The van der Waals surface area contributed by atoms with Gasteiger partial charge in [-0.15, -0.1) is 0 Å². The lowest BCUT2D eigenvalue weighted by atomic mass is 10.0. The predicted molar refractivity (Wildman–Crippen MR) is 133 cm³/mol. The van der Waals surface area contributed by atoms with Crippen LogP contribution in [0, 0.1) is 0 Å². The summed E-state index contributed by atoms with van der Waals surface area (Å²) in [5, 5.41) is 2.41. The summed E-state index contributed by atoms with van der Waals surface area (Å²) in [6, 6.07) is 11.2. The number of carbonyl (C=O) groups is 2. The lowest BCUT2D eigenvalue weighted by molar-refractivity contribution is -0.153. The Labute approximate surface area is 216 Å². The van der Waals surface area contributed by atoms with Crippen LogP contribution in [-0.2, 0) is 10.9 Å². The fraction of sp³-hybridized carbons (Fsp3) is 0.308. The van der Waals surface area contributed by atoms with Gasteiger partial charge >= 0.3 is 12.3 Å². The molecule has 9 nitrogen and oxygen atoms in total. The summed E-state index contributed by atoms with van der Waals surface area (Å²) in [5.74, 6) is -1.89. The molecule has 0 bridgehead atoms. The number of pyridine rings is 1. The van der Waals surface area contributed by atoms with E-state index in [4.69, 9.17) is 9.15 Å². The topological polar surface area (TPSA) is 101 Å². The summed E-state index contributed by atoms with van der Waals surface area (Å²) in [6.07, 6.45) is -2.61. The van der Waals surface area contributed by atoms with Gasteiger partial charge in [-0.2, -0.15) is 13.2 Å². The number of hydrogen-bond donors (Lipinski definition) is 1. The second-order valence-electron chi connectivity index (χ2n) is 8.82. The Bertz CT molecular complexity index is 1300. The molecule has 12 heteroatoms. The van der Waals surface area contributed by atoms with Gasteiger partial charge in [-0.05, 0) is 44.0 Å². The molecule has 1 aliphatic heterocycles. The lowest BCUT2D eigenvalue weighted by Crippen LogP contribution is -2.45. The zero-order valence-electron chi connectivity index (χ0n) is 20.8. The molecule has 0 unspecified atom stereocenters. The maximum absolute atomic E-state index is 13.5. The van der Waals surface area contributed by atoms with Gasteiger partial charge in [-0.1, -0.05) is 24.8 Å². The molecule has 0 aliphatic carbocycles. The molecule has 38 heavy (non-hydrogen) atoms. The van der Waals surface area contributed by atoms with Crippen LogP contribution in [-0.4, -0.2) is 53.0 Å². The molecule has 1 fully saturated rings. The highest BCUT2D eigenvalue weighted by Crippen LogP contribution is 2.35. The molecule has 0 radical (unpaired) electrons. The third-order valence-electron chi connectivity index (χ3n) is 6.01. The van der Waals surface area contributed by atoms with Crippen molar-refractivity contribution in [1.29, 1.82) is 0 Å². The van der Waals surface area contributed by atoms with Crippen LogP contribution in [0.5, 0.6) is 0 Å². The number of anilines is 2. The first-order valence-corrected chi connectivity index (χ1v) is 11.8. The van der Waals surface area contributed by atoms with Gasteiger partial charge in [-0.3, -0.25) is 4.79 Å². The first kappa shape index (κ1) is 26.7. The van der Waals surface area contributed by atoms with Crippen molar-refractivity contribution >= 4 is 23.5 Å². The molecule has 1 aromatic carbocycles. The maximum atomic E-state index is 13.5. The van der Waals surface area contributed by atoms with E-state index in [2.05, 4.69) is 21.9 Å². The standard InChI is InChI=1S/C26H26F3N5O4/c1-16(2)37-25(36)33(3)19-11-13-34(14-12-19)20-10-9-18(15-30-20)31-23(35)21-22(26(27,28)29)38-24(32-21)17-7-5-4-6-8-17/h4-10,15,19H,1,11-14H2,2-3H3,(H,31,35). The highest BCUT2D eigenvalue weighted by Gasteiger charge is 2.42. The van der Waals surface area contributed by atoms with E-state index in [0.717, 1.165) is 0 Å². The lowest BCUT2D eigenvalue weighted by Gasteiger charge is -2.36. The minimum absolute atomic E-state index is 0.00253. The number of amides is 2. The van der Waals surface area contributed by atoms with Crippen LogP contribution in [0.1, 0.15) is 36.0 Å². The van der Waals surface area contributed by atoms with Crippen molar-refractivity contribution < 1.29 is 31.9 Å². The van der Waals surface area contributed by atoms with Crippen LogP contribution >= 0.6 is 0 Å².